The quantitative estimate of drug-likeness (QED) is 0.597. The molecule has 2 aliphatic heterocycles. The molecule has 158 valence electrons. The third-order valence-corrected chi connectivity index (χ3v) is 6.49. The lowest BCUT2D eigenvalue weighted by Gasteiger charge is -2.31. The van der Waals surface area contributed by atoms with Gasteiger partial charge in [-0.25, -0.2) is 10.9 Å². The lowest BCUT2D eigenvalue weighted by Crippen LogP contribution is -2.41. The zero-order chi connectivity index (χ0) is 21.4. The number of benzene rings is 2. The molecule has 0 spiro atoms. The van der Waals surface area contributed by atoms with E-state index in [2.05, 4.69) is 47.0 Å². The van der Waals surface area contributed by atoms with E-state index >= 15 is 0 Å². The second-order valence-electron chi connectivity index (χ2n) is 8.25. The van der Waals surface area contributed by atoms with Crippen LogP contribution in [0, 0.1) is 5.92 Å². The van der Waals surface area contributed by atoms with Gasteiger partial charge < -0.3 is 10.0 Å². The Balaban J connectivity index is 1.57. The van der Waals surface area contributed by atoms with E-state index in [1.165, 1.54) is 5.56 Å². The van der Waals surface area contributed by atoms with Crippen molar-refractivity contribution in [1.82, 2.24) is 20.7 Å². The Labute approximate surface area is 181 Å². The van der Waals surface area contributed by atoms with Gasteiger partial charge in [-0.2, -0.15) is 0 Å². The number of para-hydroxylation sites is 1. The van der Waals surface area contributed by atoms with Crippen LogP contribution in [0.4, 0.5) is 0 Å². The third-order valence-electron chi connectivity index (χ3n) is 6.49. The van der Waals surface area contributed by atoms with Gasteiger partial charge in [0, 0.05) is 30.4 Å². The number of hydrogen-bond donors (Lipinski definition) is 3. The molecule has 6 nitrogen and oxygen atoms in total. The molecule has 2 fully saturated rings. The maximum Gasteiger partial charge on any atom is 0.242 e. The number of amides is 1. The van der Waals surface area contributed by atoms with Crippen molar-refractivity contribution in [3.63, 3.8) is 0 Å². The number of phenols is 1. The van der Waals surface area contributed by atoms with Gasteiger partial charge in [0.2, 0.25) is 5.91 Å². The van der Waals surface area contributed by atoms with Crippen LogP contribution in [-0.4, -0.2) is 26.9 Å². The molecule has 31 heavy (non-hydrogen) atoms. The maximum absolute atomic E-state index is 13.5. The molecule has 3 N–H and O–H groups in total. The zero-order valence-corrected chi connectivity index (χ0v) is 17.4. The van der Waals surface area contributed by atoms with E-state index in [4.69, 9.17) is 0 Å². The Morgan fingerprint density at radius 3 is 2.45 bits per heavy atom. The highest BCUT2D eigenvalue weighted by Gasteiger charge is 2.55. The first kappa shape index (κ1) is 19.7. The first-order valence-corrected chi connectivity index (χ1v) is 10.7. The number of phenolic OH excluding ortho intramolecular Hbond substituents is 1. The molecule has 2 aromatic carbocycles. The van der Waals surface area contributed by atoms with Gasteiger partial charge in [-0.1, -0.05) is 55.5 Å². The number of aromatic hydroxyl groups is 1. The predicted molar refractivity (Wildman–Crippen MR) is 118 cm³/mol. The lowest BCUT2D eigenvalue weighted by molar-refractivity contribution is -0.131. The molecule has 0 aliphatic carbocycles. The third kappa shape index (κ3) is 3.48. The molecule has 0 saturated carbocycles. The Kier molecular flexibility index (Phi) is 5.18. The van der Waals surface area contributed by atoms with Crippen molar-refractivity contribution in [1.29, 1.82) is 0 Å². The van der Waals surface area contributed by atoms with Gasteiger partial charge in [-0.3, -0.25) is 9.78 Å². The van der Waals surface area contributed by atoms with E-state index in [9.17, 15) is 9.90 Å². The minimum Gasteiger partial charge on any atom is -0.508 e. The number of carbonyl (C=O) groups excluding carboxylic acids is 1. The summed E-state index contributed by atoms with van der Waals surface area (Å²) in [5.41, 5.74) is 10.7. The standard InChI is InChI=1S/C25H26N4O2/c1-2-16-9-11-18(12-10-16)24-21-22(19-7-3-4-8-20(19)30)27-28-23(21)25(31)29(24)15-17-6-5-13-26-14-17/h3-14,21-24,27-28,30H,2,15H2,1H3. The zero-order valence-electron chi connectivity index (χ0n) is 17.4. The second kappa shape index (κ2) is 8.13. The van der Waals surface area contributed by atoms with Gasteiger partial charge in [0.1, 0.15) is 11.8 Å². The Morgan fingerprint density at radius 1 is 0.968 bits per heavy atom. The van der Waals surface area contributed by atoms with Crippen molar-refractivity contribution < 1.29 is 9.90 Å². The maximum atomic E-state index is 13.5. The summed E-state index contributed by atoms with van der Waals surface area (Å²) in [6.07, 6.45) is 4.52. The second-order valence-corrected chi connectivity index (χ2v) is 8.25. The highest BCUT2D eigenvalue weighted by atomic mass is 16.3. The summed E-state index contributed by atoms with van der Waals surface area (Å²) in [5, 5.41) is 10.5. The number of carbonyl (C=O) groups is 1. The lowest BCUT2D eigenvalue weighted by atomic mass is 9.83. The van der Waals surface area contributed by atoms with Crippen molar-refractivity contribution in [2.75, 3.05) is 0 Å². The molecule has 2 aliphatic rings. The van der Waals surface area contributed by atoms with Gasteiger partial charge in [0.25, 0.3) is 0 Å². The van der Waals surface area contributed by atoms with E-state index in [1.54, 1.807) is 12.3 Å². The van der Waals surface area contributed by atoms with E-state index in [1.807, 2.05) is 41.4 Å². The van der Waals surface area contributed by atoms with Crippen LogP contribution in [0.3, 0.4) is 0 Å². The monoisotopic (exact) mass is 414 g/mol. The molecule has 6 heteroatoms. The van der Waals surface area contributed by atoms with Gasteiger partial charge in [-0.15, -0.1) is 0 Å². The normalized spacial score (nSPS) is 25.1. The molecule has 3 heterocycles. The van der Waals surface area contributed by atoms with Crippen molar-refractivity contribution in [2.45, 2.75) is 38.0 Å². The van der Waals surface area contributed by atoms with Crippen LogP contribution < -0.4 is 10.9 Å². The Hall–Kier alpha value is -3.22. The average molecular weight is 415 g/mol. The van der Waals surface area contributed by atoms with Crippen molar-refractivity contribution in [2.24, 2.45) is 5.92 Å². The molecule has 1 aromatic heterocycles. The average Bonchev–Trinajstić information content (AvgIpc) is 3.34. The number of nitrogens with zero attached hydrogens (tertiary/aromatic N) is 2. The van der Waals surface area contributed by atoms with Crippen LogP contribution in [0.1, 0.15) is 41.3 Å². The summed E-state index contributed by atoms with van der Waals surface area (Å²) in [6, 6.07) is 19.1. The first-order valence-electron chi connectivity index (χ1n) is 10.7. The van der Waals surface area contributed by atoms with Gasteiger partial charge in [-0.05, 0) is 35.2 Å². The van der Waals surface area contributed by atoms with Gasteiger partial charge in [0.05, 0.1) is 12.1 Å². The topological polar surface area (TPSA) is 77.5 Å². The number of pyridine rings is 1. The van der Waals surface area contributed by atoms with Crippen LogP contribution in [0.15, 0.2) is 73.1 Å². The van der Waals surface area contributed by atoms with Crippen LogP contribution in [-0.2, 0) is 17.8 Å². The fourth-order valence-electron chi connectivity index (χ4n) is 4.93. The van der Waals surface area contributed by atoms with Gasteiger partial charge in [0.15, 0.2) is 0 Å². The molecular weight excluding hydrogens is 388 g/mol. The largest absolute Gasteiger partial charge is 0.508 e. The summed E-state index contributed by atoms with van der Waals surface area (Å²) in [4.78, 5) is 19.7. The SMILES string of the molecule is CCc1ccc(C2C3C(NNC3c3ccccc3O)C(=O)N2Cc2cccnc2)cc1. The summed E-state index contributed by atoms with van der Waals surface area (Å²) >= 11 is 0. The summed E-state index contributed by atoms with van der Waals surface area (Å²) < 4.78 is 0. The molecule has 0 bridgehead atoms. The summed E-state index contributed by atoms with van der Waals surface area (Å²) in [7, 11) is 0. The fourth-order valence-corrected chi connectivity index (χ4v) is 4.93. The molecule has 4 unspecified atom stereocenters. The minimum atomic E-state index is -0.364. The molecule has 2 saturated heterocycles. The number of hydrogen-bond acceptors (Lipinski definition) is 5. The number of rotatable bonds is 5. The fraction of sp³-hybridized carbons (Fsp3) is 0.280. The molecular formula is C25H26N4O2. The number of nitrogens with one attached hydrogen (secondary N) is 2. The minimum absolute atomic E-state index is 0.0591. The van der Waals surface area contributed by atoms with E-state index in [0.29, 0.717) is 6.54 Å². The van der Waals surface area contributed by atoms with E-state index < -0.39 is 0 Å². The Morgan fingerprint density at radius 2 is 1.74 bits per heavy atom. The van der Waals surface area contributed by atoms with Crippen LogP contribution in [0.25, 0.3) is 0 Å². The Bertz CT molecular complexity index is 1070. The summed E-state index contributed by atoms with van der Waals surface area (Å²) in [5.74, 6) is 0.231. The van der Waals surface area contributed by atoms with Crippen molar-refractivity contribution >= 4 is 5.91 Å². The number of hydrazine groups is 1. The number of aryl methyl sites for hydroxylation is 1. The van der Waals surface area contributed by atoms with Crippen LogP contribution >= 0.6 is 0 Å². The number of aromatic nitrogens is 1. The van der Waals surface area contributed by atoms with Gasteiger partial charge >= 0.3 is 0 Å². The molecule has 4 atom stereocenters. The molecule has 5 rings (SSSR count). The first-order chi connectivity index (χ1) is 15.2. The number of fused-ring (bicyclic) bond motifs is 1. The van der Waals surface area contributed by atoms with Crippen LogP contribution in [0.2, 0.25) is 0 Å². The van der Waals surface area contributed by atoms with Crippen LogP contribution in [0.5, 0.6) is 5.75 Å². The van der Waals surface area contributed by atoms with Crippen molar-refractivity contribution in [3.05, 3.63) is 95.3 Å². The number of likely N-dealkylation sites (tertiary alicyclic amines) is 1. The molecule has 1 amide bonds. The van der Waals surface area contributed by atoms with E-state index in [-0.39, 0.29) is 35.7 Å². The molecule has 3 aromatic rings. The highest BCUT2D eigenvalue weighted by molar-refractivity contribution is 5.86. The van der Waals surface area contributed by atoms with Crippen molar-refractivity contribution in [3.8, 4) is 5.75 Å². The molecule has 0 radical (unpaired) electrons. The smallest absolute Gasteiger partial charge is 0.242 e. The highest BCUT2D eigenvalue weighted by Crippen LogP contribution is 2.48. The van der Waals surface area contributed by atoms with E-state index in [0.717, 1.165) is 23.1 Å². The summed E-state index contributed by atoms with van der Waals surface area (Å²) in [6.45, 7) is 2.63. The predicted octanol–water partition coefficient (Wildman–Crippen LogP) is 3.27.